The molecule has 0 aliphatic heterocycles. The summed E-state index contributed by atoms with van der Waals surface area (Å²) in [6, 6.07) is 1.12. The largest absolute Gasteiger partial charge is 0.539 e. The molecular formula is C9H11F3O3Si. The Morgan fingerprint density at radius 2 is 1.25 bits per heavy atom. The quantitative estimate of drug-likeness (QED) is 0.595. The van der Waals surface area contributed by atoms with Crippen LogP contribution in [0.1, 0.15) is 0 Å². The summed E-state index contributed by atoms with van der Waals surface area (Å²) in [5, 5.41) is -0.237. The lowest BCUT2D eigenvalue weighted by Crippen LogP contribution is -2.56. The normalized spacial score (nSPS) is 11.9. The second-order valence-electron chi connectivity index (χ2n) is 2.91. The molecule has 7 heteroatoms. The van der Waals surface area contributed by atoms with Crippen LogP contribution in [0.25, 0.3) is 0 Å². The molecule has 0 saturated carbocycles. The Kier molecular flexibility index (Phi) is 4.08. The summed E-state index contributed by atoms with van der Waals surface area (Å²) < 4.78 is 54.1. The van der Waals surface area contributed by atoms with Gasteiger partial charge in [0.25, 0.3) is 0 Å². The van der Waals surface area contributed by atoms with Crippen molar-refractivity contribution in [3.63, 3.8) is 0 Å². The maximum absolute atomic E-state index is 13.5. The third-order valence-corrected chi connectivity index (χ3v) is 4.80. The summed E-state index contributed by atoms with van der Waals surface area (Å²) in [5.74, 6) is -3.41. The fourth-order valence-electron chi connectivity index (χ4n) is 1.34. The van der Waals surface area contributed by atoms with Crippen LogP contribution in [-0.2, 0) is 13.3 Å². The van der Waals surface area contributed by atoms with Crippen molar-refractivity contribution < 1.29 is 26.4 Å². The summed E-state index contributed by atoms with van der Waals surface area (Å²) in [6.45, 7) is 0. The minimum Gasteiger partial charge on any atom is -0.373 e. The molecule has 0 aromatic heterocycles. The van der Waals surface area contributed by atoms with Gasteiger partial charge >= 0.3 is 8.80 Å². The molecule has 0 bridgehead atoms. The van der Waals surface area contributed by atoms with Crippen LogP contribution in [0.4, 0.5) is 13.2 Å². The van der Waals surface area contributed by atoms with Gasteiger partial charge in [-0.2, -0.15) is 0 Å². The Labute approximate surface area is 92.1 Å². The first-order chi connectivity index (χ1) is 7.50. The van der Waals surface area contributed by atoms with Crippen LogP contribution in [0.2, 0.25) is 0 Å². The maximum Gasteiger partial charge on any atom is 0.539 e. The van der Waals surface area contributed by atoms with Crippen molar-refractivity contribution in [2.45, 2.75) is 0 Å². The maximum atomic E-state index is 13.5. The molecule has 0 atom stereocenters. The lowest BCUT2D eigenvalue weighted by molar-refractivity contribution is 0.139. The molecule has 0 fully saturated rings. The summed E-state index contributed by atoms with van der Waals surface area (Å²) in [5.41, 5.74) is 0. The molecule has 1 aromatic carbocycles. The molecule has 0 unspecified atom stereocenters. The van der Waals surface area contributed by atoms with E-state index in [-0.39, 0.29) is 5.19 Å². The number of benzene rings is 1. The molecule has 90 valence electrons. The highest BCUT2D eigenvalue weighted by Crippen LogP contribution is 2.13. The van der Waals surface area contributed by atoms with Crippen LogP contribution in [0.3, 0.4) is 0 Å². The Morgan fingerprint density at radius 3 is 1.69 bits per heavy atom. The SMILES string of the molecule is CO[Si](OC)(OC)c1cc(F)c(F)cc1F. The Bertz CT molecular complexity index is 374. The molecule has 16 heavy (non-hydrogen) atoms. The summed E-state index contributed by atoms with van der Waals surface area (Å²) in [7, 11) is 0.276. The van der Waals surface area contributed by atoms with E-state index in [9.17, 15) is 13.2 Å². The lowest BCUT2D eigenvalue weighted by atomic mass is 10.3. The molecule has 0 amide bonds. The zero-order valence-corrected chi connectivity index (χ0v) is 10.0. The van der Waals surface area contributed by atoms with Crippen molar-refractivity contribution in [3.05, 3.63) is 29.6 Å². The molecule has 0 spiro atoms. The van der Waals surface area contributed by atoms with Gasteiger partial charge in [-0.25, -0.2) is 13.2 Å². The number of halogens is 3. The minimum absolute atomic E-state index is 0.237. The van der Waals surface area contributed by atoms with E-state index in [1.54, 1.807) is 0 Å². The van der Waals surface area contributed by atoms with E-state index in [1.165, 1.54) is 21.3 Å². The lowest BCUT2D eigenvalue weighted by Gasteiger charge is -2.24. The van der Waals surface area contributed by atoms with E-state index < -0.39 is 26.3 Å². The van der Waals surface area contributed by atoms with Crippen LogP contribution in [0.15, 0.2) is 12.1 Å². The molecule has 0 aliphatic rings. The standard InChI is InChI=1S/C9H11F3O3Si/c1-13-16(14-2,15-3)9-5-7(11)6(10)4-8(9)12/h4-5H,1-3H3. The van der Waals surface area contributed by atoms with Crippen molar-refractivity contribution in [3.8, 4) is 0 Å². The third-order valence-electron chi connectivity index (χ3n) is 2.15. The summed E-state index contributed by atoms with van der Waals surface area (Å²) >= 11 is 0. The highest BCUT2D eigenvalue weighted by Gasteiger charge is 2.44. The van der Waals surface area contributed by atoms with Crippen LogP contribution in [-0.4, -0.2) is 30.1 Å². The van der Waals surface area contributed by atoms with E-state index in [4.69, 9.17) is 13.3 Å². The van der Waals surface area contributed by atoms with Gasteiger partial charge in [0.1, 0.15) is 5.82 Å². The summed E-state index contributed by atoms with van der Waals surface area (Å²) in [4.78, 5) is 0. The first-order valence-corrected chi connectivity index (χ1v) is 6.03. The number of hydrogen-bond acceptors (Lipinski definition) is 3. The number of rotatable bonds is 4. The molecule has 0 heterocycles. The molecular weight excluding hydrogens is 241 g/mol. The molecule has 0 saturated heterocycles. The fraction of sp³-hybridized carbons (Fsp3) is 0.333. The molecule has 0 radical (unpaired) electrons. The molecule has 0 aliphatic carbocycles. The van der Waals surface area contributed by atoms with Crippen LogP contribution < -0.4 is 5.19 Å². The van der Waals surface area contributed by atoms with Crippen LogP contribution in [0, 0.1) is 17.5 Å². The average molecular weight is 252 g/mol. The van der Waals surface area contributed by atoms with E-state index in [0.29, 0.717) is 12.1 Å². The van der Waals surface area contributed by atoms with Crippen LogP contribution >= 0.6 is 0 Å². The van der Waals surface area contributed by atoms with Crippen molar-refractivity contribution in [2.75, 3.05) is 21.3 Å². The first kappa shape index (κ1) is 13.2. The average Bonchev–Trinajstić information content (AvgIpc) is 2.28. The third kappa shape index (κ3) is 2.12. The smallest absolute Gasteiger partial charge is 0.373 e. The van der Waals surface area contributed by atoms with Crippen molar-refractivity contribution in [1.82, 2.24) is 0 Å². The fourth-order valence-corrected chi connectivity index (χ4v) is 3.16. The van der Waals surface area contributed by atoms with Gasteiger partial charge in [-0.3, -0.25) is 0 Å². The zero-order valence-electron chi connectivity index (χ0n) is 9.01. The van der Waals surface area contributed by atoms with Gasteiger partial charge in [-0.15, -0.1) is 0 Å². The second kappa shape index (κ2) is 4.96. The van der Waals surface area contributed by atoms with Gasteiger partial charge in [0, 0.05) is 27.4 Å². The van der Waals surface area contributed by atoms with E-state index >= 15 is 0 Å². The predicted octanol–water partition coefficient (Wildman–Crippen LogP) is 1.19. The molecule has 1 aromatic rings. The predicted molar refractivity (Wildman–Crippen MR) is 52.7 cm³/mol. The van der Waals surface area contributed by atoms with Gasteiger partial charge in [0.05, 0.1) is 5.19 Å². The van der Waals surface area contributed by atoms with Crippen molar-refractivity contribution in [1.29, 1.82) is 0 Å². The van der Waals surface area contributed by atoms with Crippen molar-refractivity contribution >= 4 is 14.0 Å². The Morgan fingerprint density at radius 1 is 0.812 bits per heavy atom. The Hall–Kier alpha value is -0.893. The van der Waals surface area contributed by atoms with E-state index in [2.05, 4.69) is 0 Å². The molecule has 0 N–H and O–H groups in total. The monoisotopic (exact) mass is 252 g/mol. The molecule has 3 nitrogen and oxygen atoms in total. The van der Waals surface area contributed by atoms with Gasteiger partial charge in [0.2, 0.25) is 0 Å². The topological polar surface area (TPSA) is 27.7 Å². The molecule has 1 rings (SSSR count). The first-order valence-electron chi connectivity index (χ1n) is 4.31. The van der Waals surface area contributed by atoms with Crippen LogP contribution in [0.5, 0.6) is 0 Å². The minimum atomic E-state index is -3.47. The van der Waals surface area contributed by atoms with Gasteiger partial charge < -0.3 is 13.3 Å². The summed E-state index contributed by atoms with van der Waals surface area (Å²) in [6.07, 6.45) is 0. The van der Waals surface area contributed by atoms with E-state index in [1.807, 2.05) is 0 Å². The highest BCUT2D eigenvalue weighted by molar-refractivity contribution is 6.75. The second-order valence-corrected chi connectivity index (χ2v) is 5.79. The number of hydrogen-bond donors (Lipinski definition) is 0. The van der Waals surface area contributed by atoms with Gasteiger partial charge in [0.15, 0.2) is 11.6 Å². The van der Waals surface area contributed by atoms with Gasteiger partial charge in [-0.1, -0.05) is 0 Å². The van der Waals surface area contributed by atoms with Gasteiger partial charge in [-0.05, 0) is 6.07 Å². The highest BCUT2D eigenvalue weighted by atomic mass is 28.4. The van der Waals surface area contributed by atoms with E-state index in [0.717, 1.165) is 0 Å². The Balaban J connectivity index is 3.35. The zero-order chi connectivity index (χ0) is 12.3. The van der Waals surface area contributed by atoms with Crippen molar-refractivity contribution in [2.24, 2.45) is 0 Å².